The van der Waals surface area contributed by atoms with E-state index in [1.165, 1.54) is 0 Å². The number of hydrogen-bond donors (Lipinski definition) is 3. The van der Waals surface area contributed by atoms with Gasteiger partial charge in [0.25, 0.3) is 11.8 Å². The van der Waals surface area contributed by atoms with Crippen LogP contribution >= 0.6 is 0 Å². The Bertz CT molecular complexity index is 691. The van der Waals surface area contributed by atoms with Crippen LogP contribution in [0.25, 0.3) is 0 Å². The highest BCUT2D eigenvalue weighted by Gasteiger charge is 2.41. The lowest BCUT2D eigenvalue weighted by Crippen LogP contribution is -2.55. The van der Waals surface area contributed by atoms with Crippen LogP contribution in [-0.2, 0) is 14.3 Å². The molecule has 1 aromatic rings. The Morgan fingerprint density at radius 2 is 1.88 bits per heavy atom. The Kier molecular flexibility index (Phi) is 5.56. The molecule has 0 spiro atoms. The number of carbonyl (C=O) groups excluding carboxylic acids is 2. The summed E-state index contributed by atoms with van der Waals surface area (Å²) in [4.78, 5) is 36.5. The number of rotatable bonds is 5. The second kappa shape index (κ2) is 7.86. The number of hydrogen-bond acceptors (Lipinski definition) is 4. The van der Waals surface area contributed by atoms with Gasteiger partial charge in [0.05, 0.1) is 0 Å². The average molecular weight is 360 g/mol. The molecule has 1 saturated heterocycles. The summed E-state index contributed by atoms with van der Waals surface area (Å²) in [5.74, 6) is -1.66. The predicted octanol–water partition coefficient (Wildman–Crippen LogP) is 2.32. The summed E-state index contributed by atoms with van der Waals surface area (Å²) in [7, 11) is 0. The summed E-state index contributed by atoms with van der Waals surface area (Å²) in [5.41, 5.74) is -0.390. The molecular weight excluding hydrogens is 336 g/mol. The Balaban J connectivity index is 1.69. The van der Waals surface area contributed by atoms with E-state index in [1.807, 2.05) is 0 Å². The van der Waals surface area contributed by atoms with Crippen LogP contribution in [0.2, 0.25) is 0 Å². The molecule has 1 aromatic carbocycles. The number of benzene rings is 1. The van der Waals surface area contributed by atoms with E-state index >= 15 is 0 Å². The van der Waals surface area contributed by atoms with Gasteiger partial charge < -0.3 is 20.5 Å². The van der Waals surface area contributed by atoms with Crippen molar-refractivity contribution < 1.29 is 24.2 Å². The van der Waals surface area contributed by atoms with Gasteiger partial charge in [-0.3, -0.25) is 9.59 Å². The Hall–Kier alpha value is -2.41. The van der Waals surface area contributed by atoms with E-state index in [0.717, 1.165) is 25.7 Å². The highest BCUT2D eigenvalue weighted by atomic mass is 16.5. The lowest BCUT2D eigenvalue weighted by Gasteiger charge is -2.34. The molecule has 140 valence electrons. The number of carboxylic acids is 1. The molecule has 0 unspecified atom stereocenters. The first-order valence-electron chi connectivity index (χ1n) is 9.09. The minimum Gasteiger partial charge on any atom is -0.480 e. The van der Waals surface area contributed by atoms with E-state index in [-0.39, 0.29) is 5.91 Å². The van der Waals surface area contributed by atoms with Crippen molar-refractivity contribution in [1.29, 1.82) is 0 Å². The molecular formula is C19H24N2O5. The molecule has 0 radical (unpaired) electrons. The second-order valence-electron chi connectivity index (χ2n) is 6.97. The fourth-order valence-corrected chi connectivity index (χ4v) is 3.58. The molecule has 1 saturated carbocycles. The van der Waals surface area contributed by atoms with Gasteiger partial charge >= 0.3 is 5.97 Å². The summed E-state index contributed by atoms with van der Waals surface area (Å²) in [6.45, 7) is 0.581. The van der Waals surface area contributed by atoms with Crippen molar-refractivity contribution in [3.8, 4) is 0 Å². The first-order chi connectivity index (χ1) is 12.5. The minimum absolute atomic E-state index is 0.227. The van der Waals surface area contributed by atoms with Crippen LogP contribution in [0.15, 0.2) is 24.3 Å². The number of anilines is 1. The van der Waals surface area contributed by atoms with Crippen LogP contribution in [0.1, 0.15) is 55.3 Å². The lowest BCUT2D eigenvalue weighted by molar-refractivity contribution is -0.146. The van der Waals surface area contributed by atoms with Crippen molar-refractivity contribution in [2.24, 2.45) is 0 Å². The first kappa shape index (κ1) is 18.4. The van der Waals surface area contributed by atoms with Gasteiger partial charge in [-0.05, 0) is 43.9 Å². The quantitative estimate of drug-likeness (QED) is 0.747. The summed E-state index contributed by atoms with van der Waals surface area (Å²) < 4.78 is 5.35. The zero-order chi connectivity index (χ0) is 18.6. The third-order valence-corrected chi connectivity index (χ3v) is 5.08. The third-order valence-electron chi connectivity index (χ3n) is 5.08. The van der Waals surface area contributed by atoms with Gasteiger partial charge in [0.2, 0.25) is 0 Å². The molecule has 2 amide bonds. The topological polar surface area (TPSA) is 105 Å². The maximum absolute atomic E-state index is 12.6. The Labute approximate surface area is 152 Å². The zero-order valence-electron chi connectivity index (χ0n) is 14.6. The van der Waals surface area contributed by atoms with Crippen LogP contribution in [-0.4, -0.2) is 41.1 Å². The molecule has 3 N–H and O–H groups in total. The molecule has 2 aliphatic rings. The normalized spacial score (nSPS) is 21.8. The van der Waals surface area contributed by atoms with Crippen molar-refractivity contribution in [2.75, 3.05) is 11.9 Å². The van der Waals surface area contributed by atoms with E-state index in [9.17, 15) is 19.5 Å². The lowest BCUT2D eigenvalue weighted by atomic mass is 9.81. The van der Waals surface area contributed by atoms with Crippen LogP contribution < -0.4 is 10.6 Å². The van der Waals surface area contributed by atoms with Crippen LogP contribution in [0, 0.1) is 0 Å². The molecule has 7 heteroatoms. The summed E-state index contributed by atoms with van der Waals surface area (Å²) in [6.07, 6.45) is 4.51. The third kappa shape index (κ3) is 4.04. The maximum atomic E-state index is 12.6. The van der Waals surface area contributed by atoms with Gasteiger partial charge in [-0.25, -0.2) is 4.79 Å². The second-order valence-corrected chi connectivity index (χ2v) is 6.97. The summed E-state index contributed by atoms with van der Waals surface area (Å²) in [5, 5.41) is 15.1. The van der Waals surface area contributed by atoms with Gasteiger partial charge in [-0.2, -0.15) is 0 Å². The minimum atomic E-state index is -1.20. The van der Waals surface area contributed by atoms with Crippen LogP contribution in [0.5, 0.6) is 0 Å². The Morgan fingerprint density at radius 3 is 2.54 bits per heavy atom. The van der Waals surface area contributed by atoms with Gasteiger partial charge in [0.15, 0.2) is 0 Å². The standard InChI is InChI=1S/C19H24N2O5/c22-16(21-19(18(24)25)9-2-1-3-10-19)13-6-4-7-14(12-13)20-17(23)15-8-5-11-26-15/h4,6-7,12,15H,1-3,5,8-11H2,(H,20,23)(H,21,22)(H,24,25)/t15-/m1/s1. The van der Waals surface area contributed by atoms with E-state index in [2.05, 4.69) is 10.6 Å². The molecule has 1 aliphatic carbocycles. The molecule has 2 fully saturated rings. The van der Waals surface area contributed by atoms with Crippen molar-refractivity contribution in [3.05, 3.63) is 29.8 Å². The number of aliphatic carboxylic acids is 1. The number of ether oxygens (including phenoxy) is 1. The molecule has 7 nitrogen and oxygen atoms in total. The van der Waals surface area contributed by atoms with Crippen LogP contribution in [0.4, 0.5) is 5.69 Å². The Morgan fingerprint density at radius 1 is 1.12 bits per heavy atom. The monoisotopic (exact) mass is 360 g/mol. The number of carbonyl (C=O) groups is 3. The summed E-state index contributed by atoms with van der Waals surface area (Å²) in [6, 6.07) is 6.52. The number of nitrogens with one attached hydrogen (secondary N) is 2. The molecule has 1 atom stereocenters. The molecule has 3 rings (SSSR count). The number of amides is 2. The van der Waals surface area contributed by atoms with Crippen molar-refractivity contribution in [2.45, 2.75) is 56.6 Å². The van der Waals surface area contributed by atoms with Crippen molar-refractivity contribution >= 4 is 23.5 Å². The maximum Gasteiger partial charge on any atom is 0.329 e. The van der Waals surface area contributed by atoms with Gasteiger partial charge in [-0.15, -0.1) is 0 Å². The fourth-order valence-electron chi connectivity index (χ4n) is 3.58. The molecule has 1 aliphatic heterocycles. The number of carboxylic acid groups (broad SMARTS) is 1. The van der Waals surface area contributed by atoms with Gasteiger partial charge in [0.1, 0.15) is 11.6 Å². The van der Waals surface area contributed by atoms with Gasteiger partial charge in [0, 0.05) is 17.9 Å². The van der Waals surface area contributed by atoms with Crippen LogP contribution in [0.3, 0.4) is 0 Å². The first-order valence-corrected chi connectivity index (χ1v) is 9.09. The fraction of sp³-hybridized carbons (Fsp3) is 0.526. The van der Waals surface area contributed by atoms with Crippen molar-refractivity contribution in [3.63, 3.8) is 0 Å². The van der Waals surface area contributed by atoms with E-state index in [0.29, 0.717) is 37.1 Å². The molecule has 26 heavy (non-hydrogen) atoms. The van der Waals surface area contributed by atoms with E-state index < -0.39 is 23.5 Å². The van der Waals surface area contributed by atoms with E-state index in [1.54, 1.807) is 24.3 Å². The predicted molar refractivity (Wildman–Crippen MR) is 95.0 cm³/mol. The van der Waals surface area contributed by atoms with E-state index in [4.69, 9.17) is 4.74 Å². The highest BCUT2D eigenvalue weighted by Crippen LogP contribution is 2.29. The summed E-state index contributed by atoms with van der Waals surface area (Å²) >= 11 is 0. The van der Waals surface area contributed by atoms with Crippen molar-refractivity contribution in [1.82, 2.24) is 5.32 Å². The molecule has 0 bridgehead atoms. The SMILES string of the molecule is O=C(NC1(C(=O)O)CCCCC1)c1cccc(NC(=O)[C@H]2CCCO2)c1. The van der Waals surface area contributed by atoms with Gasteiger partial charge in [-0.1, -0.05) is 25.3 Å². The highest BCUT2D eigenvalue weighted by molar-refractivity contribution is 6.00. The molecule has 1 heterocycles. The molecule has 0 aromatic heterocycles. The zero-order valence-corrected chi connectivity index (χ0v) is 14.6. The smallest absolute Gasteiger partial charge is 0.329 e. The average Bonchev–Trinajstić information content (AvgIpc) is 3.17. The largest absolute Gasteiger partial charge is 0.480 e.